The smallest absolute Gasteiger partial charge is 0.261 e. The Morgan fingerprint density at radius 1 is 1.00 bits per heavy atom. The van der Waals surface area contributed by atoms with Crippen LogP contribution >= 0.6 is 23.5 Å². The Hall–Kier alpha value is -1.46. The molecule has 0 bridgehead atoms. The molecule has 0 radical (unpaired) electrons. The van der Waals surface area contributed by atoms with Gasteiger partial charge in [0.05, 0.1) is 10.2 Å². The van der Waals surface area contributed by atoms with Crippen LogP contribution in [0, 0.1) is 18.3 Å². The molecule has 2 heterocycles. The van der Waals surface area contributed by atoms with E-state index in [0.29, 0.717) is 12.3 Å². The largest absolute Gasteiger partial charge is 0.405 e. The second-order valence-corrected chi connectivity index (χ2v) is 21.4. The van der Waals surface area contributed by atoms with Crippen molar-refractivity contribution in [1.29, 1.82) is 0 Å². The highest BCUT2D eigenvalue weighted by Gasteiger charge is 2.51. The molecule has 6 heteroatoms. The van der Waals surface area contributed by atoms with Crippen LogP contribution in [0.25, 0.3) is 0 Å². The van der Waals surface area contributed by atoms with Crippen LogP contribution in [0.4, 0.5) is 0 Å². The first-order valence-electron chi connectivity index (χ1n) is 15.8. The molecule has 2 fully saturated rings. The number of terminal acetylenes is 1. The minimum Gasteiger partial charge on any atom is -0.405 e. The monoisotopic (exact) mass is 636 g/mol. The van der Waals surface area contributed by atoms with E-state index in [1.165, 1.54) is 16.8 Å². The summed E-state index contributed by atoms with van der Waals surface area (Å²) in [6, 6.07) is 21.9. The quantitative estimate of drug-likeness (QED) is 0.148. The highest BCUT2D eigenvalue weighted by molar-refractivity contribution is 8.19. The molecule has 43 heavy (non-hydrogen) atoms. The van der Waals surface area contributed by atoms with Gasteiger partial charge in [0.15, 0.2) is 5.79 Å². The van der Waals surface area contributed by atoms with Crippen LogP contribution in [0.3, 0.4) is 0 Å². The van der Waals surface area contributed by atoms with Gasteiger partial charge in [-0.3, -0.25) is 0 Å². The van der Waals surface area contributed by atoms with Crippen molar-refractivity contribution in [3.63, 3.8) is 0 Å². The molecule has 0 saturated carbocycles. The van der Waals surface area contributed by atoms with Crippen molar-refractivity contribution >= 4 is 42.2 Å². The van der Waals surface area contributed by atoms with Crippen molar-refractivity contribution in [1.82, 2.24) is 0 Å². The van der Waals surface area contributed by atoms with Gasteiger partial charge in [0, 0.05) is 18.9 Å². The summed E-state index contributed by atoms with van der Waals surface area (Å²) >= 11 is 4.12. The summed E-state index contributed by atoms with van der Waals surface area (Å²) in [6.07, 6.45) is 14.8. The van der Waals surface area contributed by atoms with E-state index in [1.807, 2.05) is 20.8 Å². The van der Waals surface area contributed by atoms with Crippen LogP contribution < -0.4 is 10.4 Å². The number of benzene rings is 2. The standard InChI is InChI=1S/C37H52O3S2Si/c1-10-36(9)27-31(38-35(7,8)40-36)28-37(41-24-17-25-42-37)23-22-29(2)26-30(3)39-43(34(4,5)6,32-18-13-11-14-19-32)33-20-15-12-16-21-33/h1,11-16,18-23,29-31H,17,24-28H2,2-9H3/b23-22+/t29-,30-,31-,36-/m0/s1. The number of ether oxygens (including phenoxy) is 2. The van der Waals surface area contributed by atoms with Crippen LogP contribution in [0.5, 0.6) is 0 Å². The van der Waals surface area contributed by atoms with Crippen molar-refractivity contribution < 1.29 is 13.9 Å². The van der Waals surface area contributed by atoms with Crippen LogP contribution in [0.1, 0.15) is 81.1 Å². The van der Waals surface area contributed by atoms with Gasteiger partial charge in [-0.05, 0) is 73.4 Å². The molecule has 234 valence electrons. The Labute approximate surface area is 271 Å². The van der Waals surface area contributed by atoms with E-state index in [4.69, 9.17) is 20.3 Å². The van der Waals surface area contributed by atoms with Crippen molar-refractivity contribution in [2.45, 2.75) is 114 Å². The number of hydrogen-bond acceptors (Lipinski definition) is 5. The molecule has 2 aliphatic rings. The SMILES string of the molecule is C#C[C@@]1(C)C[C@@H](CC2(/C=C/[C@H](C)C[C@H](C)O[Si](c3ccccc3)(c3ccccc3)C(C)(C)C)SCCCS2)OC(C)(C)O1. The molecule has 0 amide bonds. The third-order valence-electron chi connectivity index (χ3n) is 8.51. The molecular weight excluding hydrogens is 585 g/mol. The molecule has 2 aromatic rings. The number of thioether (sulfide) groups is 2. The van der Waals surface area contributed by atoms with E-state index in [0.717, 1.165) is 24.3 Å². The normalized spacial score (nSPS) is 25.6. The van der Waals surface area contributed by atoms with Gasteiger partial charge in [0.25, 0.3) is 8.32 Å². The van der Waals surface area contributed by atoms with Gasteiger partial charge in [-0.2, -0.15) is 0 Å². The summed E-state index contributed by atoms with van der Waals surface area (Å²) in [7, 11) is -2.59. The van der Waals surface area contributed by atoms with Gasteiger partial charge in [-0.1, -0.05) is 106 Å². The molecule has 2 aromatic carbocycles. The highest BCUT2D eigenvalue weighted by Crippen LogP contribution is 2.49. The average Bonchev–Trinajstić information content (AvgIpc) is 2.94. The van der Waals surface area contributed by atoms with Crippen LogP contribution in [0.15, 0.2) is 72.8 Å². The van der Waals surface area contributed by atoms with Gasteiger partial charge >= 0.3 is 0 Å². The number of allylic oxidation sites excluding steroid dienone is 1. The van der Waals surface area contributed by atoms with E-state index in [2.05, 4.69) is 137 Å². The minimum absolute atomic E-state index is 0.0256. The molecule has 0 unspecified atom stereocenters. The van der Waals surface area contributed by atoms with Gasteiger partial charge in [0.2, 0.25) is 0 Å². The highest BCUT2D eigenvalue weighted by atomic mass is 32.2. The van der Waals surface area contributed by atoms with E-state index < -0.39 is 19.7 Å². The van der Waals surface area contributed by atoms with E-state index in [9.17, 15) is 0 Å². The Balaban J connectivity index is 1.53. The lowest BCUT2D eigenvalue weighted by atomic mass is 9.93. The van der Waals surface area contributed by atoms with Crippen molar-refractivity contribution in [3.05, 3.63) is 72.8 Å². The number of rotatable bonds is 10. The van der Waals surface area contributed by atoms with Gasteiger partial charge in [-0.25, -0.2) is 0 Å². The first-order chi connectivity index (χ1) is 20.2. The Morgan fingerprint density at radius 2 is 1.56 bits per heavy atom. The van der Waals surface area contributed by atoms with Crippen LogP contribution in [-0.2, 0) is 13.9 Å². The topological polar surface area (TPSA) is 27.7 Å². The van der Waals surface area contributed by atoms with Gasteiger partial charge < -0.3 is 13.9 Å². The summed E-state index contributed by atoms with van der Waals surface area (Å²) in [5, 5.41) is 2.62. The zero-order valence-corrected chi connectivity index (χ0v) is 30.2. The molecule has 0 N–H and O–H groups in total. The maximum absolute atomic E-state index is 7.38. The molecule has 0 aliphatic carbocycles. The predicted molar refractivity (Wildman–Crippen MR) is 190 cm³/mol. The van der Waals surface area contributed by atoms with E-state index in [-0.39, 0.29) is 21.3 Å². The maximum Gasteiger partial charge on any atom is 0.261 e. The molecule has 2 saturated heterocycles. The van der Waals surface area contributed by atoms with Gasteiger partial charge in [0.1, 0.15) is 5.60 Å². The average molecular weight is 637 g/mol. The van der Waals surface area contributed by atoms with Crippen molar-refractivity contribution in [3.8, 4) is 12.3 Å². The molecule has 4 atom stereocenters. The minimum atomic E-state index is -2.59. The first-order valence-corrected chi connectivity index (χ1v) is 19.7. The number of hydrogen-bond donors (Lipinski definition) is 0. The summed E-state index contributed by atoms with van der Waals surface area (Å²) in [6.45, 7) is 17.6. The molecule has 3 nitrogen and oxygen atoms in total. The Morgan fingerprint density at radius 3 is 2.07 bits per heavy atom. The molecule has 2 aliphatic heterocycles. The summed E-state index contributed by atoms with van der Waals surface area (Å²) in [5.74, 6) is 4.90. The Bertz CT molecular complexity index is 1200. The fourth-order valence-electron chi connectivity index (χ4n) is 6.83. The van der Waals surface area contributed by atoms with Crippen LogP contribution in [0.2, 0.25) is 5.04 Å². The fourth-order valence-corrected chi connectivity index (χ4v) is 14.8. The van der Waals surface area contributed by atoms with Crippen LogP contribution in [-0.4, -0.2) is 47.5 Å². The summed E-state index contributed by atoms with van der Waals surface area (Å²) < 4.78 is 19.9. The third kappa shape index (κ3) is 8.42. The first kappa shape index (κ1) is 34.4. The molecule has 0 spiro atoms. The lowest BCUT2D eigenvalue weighted by Crippen LogP contribution is -2.67. The van der Waals surface area contributed by atoms with Crippen molar-refractivity contribution in [2.75, 3.05) is 11.5 Å². The predicted octanol–water partition coefficient (Wildman–Crippen LogP) is 8.42. The molecule has 4 rings (SSSR count). The summed E-state index contributed by atoms with van der Waals surface area (Å²) in [4.78, 5) is 0. The zero-order valence-electron chi connectivity index (χ0n) is 27.5. The third-order valence-corrected chi connectivity index (χ3v) is 17.0. The second kappa shape index (κ2) is 13.9. The lowest BCUT2D eigenvalue weighted by molar-refractivity contribution is -0.315. The fraction of sp³-hybridized carbons (Fsp3) is 0.568. The van der Waals surface area contributed by atoms with E-state index >= 15 is 0 Å². The van der Waals surface area contributed by atoms with Crippen molar-refractivity contribution in [2.24, 2.45) is 5.92 Å². The lowest BCUT2D eigenvalue weighted by Gasteiger charge is -2.47. The molecular formula is C37H52O3S2Si. The van der Waals surface area contributed by atoms with E-state index in [1.54, 1.807) is 0 Å². The zero-order chi connectivity index (χ0) is 31.4. The summed E-state index contributed by atoms with van der Waals surface area (Å²) in [5.41, 5.74) is -0.609. The van der Waals surface area contributed by atoms with Gasteiger partial charge in [-0.15, -0.1) is 29.9 Å². The molecule has 0 aromatic heterocycles. The second-order valence-electron chi connectivity index (χ2n) is 14.1. The maximum atomic E-state index is 7.38. The Kier molecular flexibility index (Phi) is 11.1.